The molecule has 1 saturated carbocycles. The molecule has 0 bridgehead atoms. The fourth-order valence-corrected chi connectivity index (χ4v) is 2.61. The highest BCUT2D eigenvalue weighted by atomic mass is 19.4. The van der Waals surface area contributed by atoms with Gasteiger partial charge in [0.2, 0.25) is 5.88 Å². The molecule has 1 aromatic heterocycles. The zero-order valence-electron chi connectivity index (χ0n) is 15.3. The van der Waals surface area contributed by atoms with Crippen molar-refractivity contribution in [2.45, 2.75) is 55.8 Å². The van der Waals surface area contributed by atoms with Crippen molar-refractivity contribution in [3.05, 3.63) is 12.3 Å². The summed E-state index contributed by atoms with van der Waals surface area (Å²) < 4.78 is 51.2. The minimum absolute atomic E-state index is 0.103. The first kappa shape index (κ1) is 21.8. The van der Waals surface area contributed by atoms with Crippen molar-refractivity contribution in [2.75, 3.05) is 6.61 Å². The lowest BCUT2D eigenvalue weighted by Crippen LogP contribution is -2.48. The van der Waals surface area contributed by atoms with E-state index in [1.54, 1.807) is 20.8 Å². The Balaban J connectivity index is 2.07. The van der Waals surface area contributed by atoms with Crippen LogP contribution in [0, 0.1) is 5.41 Å². The Morgan fingerprint density at radius 1 is 1.22 bits per heavy atom. The monoisotopic (exact) mass is 374 g/mol. The lowest BCUT2D eigenvalue weighted by atomic mass is 9.26. The molecule has 0 aromatic carbocycles. The van der Waals surface area contributed by atoms with Gasteiger partial charge in [0.05, 0.1) is 43.4 Å². The Labute approximate surface area is 161 Å². The first-order valence-corrected chi connectivity index (χ1v) is 8.16. The SMILES string of the molecule is [B]C([B])(COc1ccn(C(=O)OC(C)(C)C)n1)C([B])([B])C1(C(F)(F)F)CC1. The highest BCUT2D eigenvalue weighted by Gasteiger charge is 2.71. The molecule has 12 heteroatoms. The molecule has 1 aromatic rings. The summed E-state index contributed by atoms with van der Waals surface area (Å²) in [5.74, 6) is -0.103. The van der Waals surface area contributed by atoms with Crippen LogP contribution in [0.4, 0.5) is 18.0 Å². The van der Waals surface area contributed by atoms with Crippen molar-refractivity contribution in [3.8, 4) is 5.88 Å². The molecular weight excluding hydrogens is 356 g/mol. The van der Waals surface area contributed by atoms with E-state index in [1.807, 2.05) is 0 Å². The number of rotatable bonds is 5. The Hall–Kier alpha value is -1.47. The van der Waals surface area contributed by atoms with Crippen molar-refractivity contribution >= 4 is 37.5 Å². The largest absolute Gasteiger partial charge is 0.478 e. The molecule has 0 N–H and O–H groups in total. The Bertz CT molecular complexity index is 710. The highest BCUT2D eigenvalue weighted by Crippen LogP contribution is 2.73. The summed E-state index contributed by atoms with van der Waals surface area (Å²) >= 11 is 0. The maximum Gasteiger partial charge on any atom is 0.435 e. The number of ether oxygens (including phenoxy) is 2. The maximum absolute atomic E-state index is 13.3. The van der Waals surface area contributed by atoms with Crippen molar-refractivity contribution in [3.63, 3.8) is 0 Å². The van der Waals surface area contributed by atoms with Gasteiger partial charge in [-0.3, -0.25) is 0 Å². The summed E-state index contributed by atoms with van der Waals surface area (Å²) in [6.45, 7) is 4.39. The first-order valence-electron chi connectivity index (χ1n) is 8.16. The van der Waals surface area contributed by atoms with E-state index < -0.39 is 40.3 Å². The lowest BCUT2D eigenvalue weighted by Gasteiger charge is -2.50. The van der Waals surface area contributed by atoms with E-state index in [0.29, 0.717) is 0 Å². The van der Waals surface area contributed by atoms with Gasteiger partial charge in [0.15, 0.2) is 0 Å². The predicted molar refractivity (Wildman–Crippen MR) is 95.5 cm³/mol. The fraction of sp³-hybridized carbons (Fsp3) is 0.733. The predicted octanol–water partition coefficient (Wildman–Crippen LogP) is 2.29. The number of halogens is 3. The molecule has 1 aliphatic carbocycles. The summed E-state index contributed by atoms with van der Waals surface area (Å²) in [4.78, 5) is 11.9. The molecule has 5 nitrogen and oxygen atoms in total. The second-order valence-electron chi connectivity index (χ2n) is 7.86. The second kappa shape index (κ2) is 6.55. The number of nitrogens with zero attached hydrogens (tertiary/aromatic N) is 2. The number of carbonyl (C=O) groups is 1. The molecule has 1 heterocycles. The standard InChI is InChI=1S/C15H17B4F3N2O3/c1-11(2,3)27-10(25)24-7-4-9(23-24)26-8-13(16,17)14(18,19)12(5-6-12)15(20,21)22/h4,7H,5-6,8H2,1-3H3. The third kappa shape index (κ3) is 4.19. The Morgan fingerprint density at radius 2 is 1.78 bits per heavy atom. The van der Waals surface area contributed by atoms with Gasteiger partial charge in [0.1, 0.15) is 5.60 Å². The summed E-state index contributed by atoms with van der Waals surface area (Å²) in [5.41, 5.74) is -3.11. The molecule has 2 rings (SSSR count). The summed E-state index contributed by atoms with van der Waals surface area (Å²) in [5, 5.41) is -0.869. The number of alkyl halides is 3. The van der Waals surface area contributed by atoms with Gasteiger partial charge >= 0.3 is 12.3 Å². The molecule has 138 valence electrons. The highest BCUT2D eigenvalue weighted by molar-refractivity contribution is 6.54. The topological polar surface area (TPSA) is 53.4 Å². The molecule has 1 aliphatic rings. The van der Waals surface area contributed by atoms with E-state index >= 15 is 0 Å². The van der Waals surface area contributed by atoms with Crippen LogP contribution in [0.15, 0.2) is 12.3 Å². The summed E-state index contributed by atoms with van der Waals surface area (Å²) in [7, 11) is 23.1. The molecule has 8 radical (unpaired) electrons. The van der Waals surface area contributed by atoms with Gasteiger partial charge in [-0.2, -0.15) is 17.9 Å². The smallest absolute Gasteiger partial charge is 0.435 e. The zero-order valence-corrected chi connectivity index (χ0v) is 15.3. The minimum atomic E-state index is -4.65. The van der Waals surface area contributed by atoms with Crippen LogP contribution in [0.25, 0.3) is 0 Å². The number of hydrogen-bond acceptors (Lipinski definition) is 4. The van der Waals surface area contributed by atoms with E-state index in [0.717, 1.165) is 4.68 Å². The molecule has 0 aliphatic heterocycles. The normalized spacial score (nSPS) is 17.4. The van der Waals surface area contributed by atoms with E-state index in [2.05, 4.69) is 5.10 Å². The van der Waals surface area contributed by atoms with Crippen LogP contribution in [-0.4, -0.2) is 65.6 Å². The van der Waals surface area contributed by atoms with Crippen molar-refractivity contribution in [1.82, 2.24) is 9.78 Å². The molecule has 0 saturated heterocycles. The van der Waals surface area contributed by atoms with Gasteiger partial charge in [-0.25, -0.2) is 4.79 Å². The van der Waals surface area contributed by atoms with Gasteiger partial charge in [-0.15, -0.1) is 5.10 Å². The van der Waals surface area contributed by atoms with Crippen LogP contribution >= 0.6 is 0 Å². The second-order valence-corrected chi connectivity index (χ2v) is 7.86. The van der Waals surface area contributed by atoms with Crippen LogP contribution in [0.3, 0.4) is 0 Å². The molecule has 0 unspecified atom stereocenters. The maximum atomic E-state index is 13.3. The molecule has 27 heavy (non-hydrogen) atoms. The lowest BCUT2D eigenvalue weighted by molar-refractivity contribution is -0.193. The fourth-order valence-electron chi connectivity index (χ4n) is 2.61. The number of hydrogen-bond donors (Lipinski definition) is 0. The van der Waals surface area contributed by atoms with Crippen LogP contribution < -0.4 is 4.74 Å². The van der Waals surface area contributed by atoms with Crippen LogP contribution in [0.2, 0.25) is 10.4 Å². The van der Waals surface area contributed by atoms with Crippen molar-refractivity contribution in [1.29, 1.82) is 0 Å². The minimum Gasteiger partial charge on any atom is -0.478 e. The molecule has 1 fully saturated rings. The molecule has 0 atom stereocenters. The zero-order chi connectivity index (χ0) is 20.9. The van der Waals surface area contributed by atoms with Crippen molar-refractivity contribution in [2.24, 2.45) is 5.41 Å². The van der Waals surface area contributed by atoms with Crippen molar-refractivity contribution < 1.29 is 27.4 Å². The third-order valence-corrected chi connectivity index (χ3v) is 4.46. The average molecular weight is 374 g/mol. The van der Waals surface area contributed by atoms with Gasteiger partial charge < -0.3 is 9.47 Å². The summed E-state index contributed by atoms with van der Waals surface area (Å²) in [6, 6.07) is 1.30. The molecular formula is C15H17B4F3N2O3. The number of aromatic nitrogens is 2. The van der Waals surface area contributed by atoms with Gasteiger partial charge in [-0.05, 0) is 33.6 Å². The quantitative estimate of drug-likeness (QED) is 0.743. The first-order chi connectivity index (χ1) is 12.0. The molecule has 0 amide bonds. The Morgan fingerprint density at radius 3 is 2.22 bits per heavy atom. The van der Waals surface area contributed by atoms with Crippen LogP contribution in [-0.2, 0) is 4.74 Å². The van der Waals surface area contributed by atoms with Gasteiger partial charge in [0.25, 0.3) is 0 Å². The number of carbonyl (C=O) groups excluding carboxylic acids is 1. The van der Waals surface area contributed by atoms with E-state index in [1.165, 1.54) is 12.3 Å². The summed E-state index contributed by atoms with van der Waals surface area (Å²) in [6.07, 6.45) is -4.70. The average Bonchev–Trinajstić information content (AvgIpc) is 3.17. The van der Waals surface area contributed by atoms with E-state index in [-0.39, 0.29) is 18.7 Å². The van der Waals surface area contributed by atoms with Gasteiger partial charge in [0, 0.05) is 12.3 Å². The van der Waals surface area contributed by atoms with E-state index in [9.17, 15) is 18.0 Å². The molecule has 0 spiro atoms. The Kier molecular flexibility index (Phi) is 5.30. The van der Waals surface area contributed by atoms with Gasteiger partial charge in [-0.1, -0.05) is 10.4 Å². The van der Waals surface area contributed by atoms with E-state index in [4.69, 9.17) is 40.9 Å². The van der Waals surface area contributed by atoms with Crippen LogP contribution in [0.5, 0.6) is 5.88 Å². The van der Waals surface area contributed by atoms with Crippen LogP contribution in [0.1, 0.15) is 33.6 Å². The third-order valence-electron chi connectivity index (χ3n) is 4.46.